The molecule has 0 bridgehead atoms. The summed E-state index contributed by atoms with van der Waals surface area (Å²) in [5.74, 6) is -0.172. The van der Waals surface area contributed by atoms with Crippen molar-refractivity contribution in [1.29, 1.82) is 5.26 Å². The van der Waals surface area contributed by atoms with Crippen LogP contribution in [0, 0.1) is 11.3 Å². The summed E-state index contributed by atoms with van der Waals surface area (Å²) >= 11 is 0. The maximum atomic E-state index is 13.1. The molecule has 1 aromatic carbocycles. The van der Waals surface area contributed by atoms with Crippen LogP contribution in [0.15, 0.2) is 63.7 Å². The van der Waals surface area contributed by atoms with E-state index < -0.39 is 11.8 Å². The Labute approximate surface area is 184 Å². The van der Waals surface area contributed by atoms with Gasteiger partial charge in [-0.05, 0) is 42.7 Å². The molecule has 0 fully saturated rings. The summed E-state index contributed by atoms with van der Waals surface area (Å²) in [6.07, 6.45) is 2.86. The SMILES string of the molecule is COc1ccc(C2C(C#N)=C(N)N(NC(=O)c3ccco3)C3=C2C(=O)CCC3)cc1OC. The van der Waals surface area contributed by atoms with Crippen LogP contribution in [0.5, 0.6) is 11.5 Å². The van der Waals surface area contributed by atoms with Crippen LogP contribution in [0.3, 0.4) is 0 Å². The minimum atomic E-state index is -0.681. The number of furan rings is 1. The number of allylic oxidation sites excluding steroid dienone is 3. The van der Waals surface area contributed by atoms with Gasteiger partial charge in [-0.15, -0.1) is 0 Å². The molecule has 0 saturated heterocycles. The van der Waals surface area contributed by atoms with Crippen LogP contribution >= 0.6 is 0 Å². The van der Waals surface area contributed by atoms with Crippen molar-refractivity contribution in [1.82, 2.24) is 10.4 Å². The van der Waals surface area contributed by atoms with E-state index in [9.17, 15) is 14.9 Å². The van der Waals surface area contributed by atoms with Crippen LogP contribution < -0.4 is 20.6 Å². The maximum Gasteiger partial charge on any atom is 0.305 e. The summed E-state index contributed by atoms with van der Waals surface area (Å²) in [4.78, 5) is 25.7. The molecule has 0 saturated carbocycles. The Balaban J connectivity index is 1.84. The summed E-state index contributed by atoms with van der Waals surface area (Å²) in [6, 6.07) is 10.5. The predicted octanol–water partition coefficient (Wildman–Crippen LogP) is 2.74. The normalized spacial score (nSPS) is 18.2. The fraction of sp³-hybridized carbons (Fsp3) is 0.261. The third-order valence-electron chi connectivity index (χ3n) is 5.61. The fourth-order valence-electron chi connectivity index (χ4n) is 4.14. The first-order valence-corrected chi connectivity index (χ1v) is 10.0. The van der Waals surface area contributed by atoms with Gasteiger partial charge in [0.25, 0.3) is 0 Å². The summed E-state index contributed by atoms with van der Waals surface area (Å²) in [5.41, 5.74) is 10.9. The van der Waals surface area contributed by atoms with Gasteiger partial charge in [-0.1, -0.05) is 6.07 Å². The number of carbonyl (C=O) groups excluding carboxylic acids is 2. The first-order chi connectivity index (χ1) is 15.5. The number of hydrogen-bond donors (Lipinski definition) is 2. The fourth-order valence-corrected chi connectivity index (χ4v) is 4.14. The Morgan fingerprint density at radius 3 is 2.69 bits per heavy atom. The highest BCUT2D eigenvalue weighted by Crippen LogP contribution is 2.45. The number of nitrogens with one attached hydrogen (secondary N) is 1. The van der Waals surface area contributed by atoms with Gasteiger partial charge in [0.05, 0.1) is 38.0 Å². The lowest BCUT2D eigenvalue weighted by molar-refractivity contribution is -0.116. The lowest BCUT2D eigenvalue weighted by Gasteiger charge is -2.39. The van der Waals surface area contributed by atoms with E-state index in [-0.39, 0.29) is 22.9 Å². The van der Waals surface area contributed by atoms with Crippen LogP contribution in [0.4, 0.5) is 0 Å². The van der Waals surface area contributed by atoms with Crippen molar-refractivity contribution in [2.24, 2.45) is 5.73 Å². The largest absolute Gasteiger partial charge is 0.493 e. The van der Waals surface area contributed by atoms with Crippen LogP contribution in [0.25, 0.3) is 0 Å². The van der Waals surface area contributed by atoms with Crippen molar-refractivity contribution >= 4 is 11.7 Å². The van der Waals surface area contributed by atoms with Crippen LogP contribution in [-0.4, -0.2) is 30.9 Å². The van der Waals surface area contributed by atoms with Crippen LogP contribution in [0.2, 0.25) is 0 Å². The number of ether oxygens (including phenoxy) is 2. The molecule has 0 radical (unpaired) electrons. The van der Waals surface area contributed by atoms with E-state index in [1.54, 1.807) is 24.3 Å². The number of nitrogens with zero attached hydrogens (tertiary/aromatic N) is 2. The number of ketones is 1. The van der Waals surface area contributed by atoms with E-state index in [0.717, 1.165) is 0 Å². The molecule has 4 rings (SSSR count). The monoisotopic (exact) mass is 434 g/mol. The minimum absolute atomic E-state index is 0.0561. The van der Waals surface area contributed by atoms with E-state index in [4.69, 9.17) is 19.6 Å². The smallest absolute Gasteiger partial charge is 0.305 e. The van der Waals surface area contributed by atoms with Crippen molar-refractivity contribution in [2.75, 3.05) is 14.2 Å². The van der Waals surface area contributed by atoms with E-state index in [0.29, 0.717) is 47.6 Å². The van der Waals surface area contributed by atoms with Gasteiger partial charge < -0.3 is 19.6 Å². The molecule has 164 valence electrons. The summed E-state index contributed by atoms with van der Waals surface area (Å²) < 4.78 is 15.9. The number of nitrogens with two attached hydrogens (primary N) is 1. The second-order valence-corrected chi connectivity index (χ2v) is 7.35. The lowest BCUT2D eigenvalue weighted by Crippen LogP contribution is -2.48. The standard InChI is InChI=1S/C23H22N4O5/c1-30-17-9-8-13(11-19(17)31-2)20-14(12-24)22(25)27(15-5-3-6-16(28)21(15)20)26-23(29)18-7-4-10-32-18/h4,7-11,20H,3,5-6,25H2,1-2H3,(H,26,29). The molecule has 1 unspecified atom stereocenters. The van der Waals surface area contributed by atoms with Crippen molar-refractivity contribution < 1.29 is 23.5 Å². The van der Waals surface area contributed by atoms with Gasteiger partial charge in [-0.3, -0.25) is 15.0 Å². The van der Waals surface area contributed by atoms with Crippen LogP contribution in [0.1, 0.15) is 41.3 Å². The molecule has 0 spiro atoms. The average molecular weight is 434 g/mol. The van der Waals surface area contributed by atoms with E-state index >= 15 is 0 Å². The molecular weight excluding hydrogens is 412 g/mol. The quantitative estimate of drug-likeness (QED) is 0.734. The number of carbonyl (C=O) groups is 2. The number of hydrogen-bond acceptors (Lipinski definition) is 8. The second kappa shape index (κ2) is 8.51. The van der Waals surface area contributed by atoms with Gasteiger partial charge in [0.15, 0.2) is 23.0 Å². The van der Waals surface area contributed by atoms with Crippen molar-refractivity contribution in [3.05, 3.63) is 70.6 Å². The predicted molar refractivity (Wildman–Crippen MR) is 113 cm³/mol. The summed E-state index contributed by atoms with van der Waals surface area (Å²) in [6.45, 7) is 0. The van der Waals surface area contributed by atoms with Gasteiger partial charge >= 0.3 is 5.91 Å². The molecule has 2 aliphatic rings. The second-order valence-electron chi connectivity index (χ2n) is 7.35. The zero-order chi connectivity index (χ0) is 22.8. The van der Waals surface area contributed by atoms with Gasteiger partial charge in [0.2, 0.25) is 0 Å². The Bertz CT molecular complexity index is 1170. The lowest BCUT2D eigenvalue weighted by atomic mass is 9.76. The molecule has 1 atom stereocenters. The molecule has 9 heteroatoms. The van der Waals surface area contributed by atoms with E-state index in [2.05, 4.69) is 11.5 Å². The number of amides is 1. The Hall–Kier alpha value is -4.19. The Kier molecular flexibility index (Phi) is 5.60. The Morgan fingerprint density at radius 2 is 2.03 bits per heavy atom. The van der Waals surface area contributed by atoms with Gasteiger partial charge in [-0.2, -0.15) is 5.26 Å². The number of hydrazine groups is 1. The molecule has 32 heavy (non-hydrogen) atoms. The maximum absolute atomic E-state index is 13.1. The molecule has 2 heterocycles. The number of nitriles is 1. The third-order valence-corrected chi connectivity index (χ3v) is 5.61. The van der Waals surface area contributed by atoms with Gasteiger partial charge in [0.1, 0.15) is 5.82 Å². The topological polar surface area (TPSA) is 131 Å². The number of rotatable bonds is 5. The number of Topliss-reactive ketones (excluding diaryl/α,β-unsaturated/α-hetero) is 1. The third kappa shape index (κ3) is 3.46. The average Bonchev–Trinajstić information content (AvgIpc) is 3.35. The highest BCUT2D eigenvalue weighted by molar-refractivity contribution is 6.00. The molecule has 1 aliphatic heterocycles. The first-order valence-electron chi connectivity index (χ1n) is 10.0. The highest BCUT2D eigenvalue weighted by atomic mass is 16.5. The van der Waals surface area contributed by atoms with E-state index in [1.807, 2.05) is 0 Å². The highest BCUT2D eigenvalue weighted by Gasteiger charge is 2.41. The van der Waals surface area contributed by atoms with Crippen LogP contribution in [-0.2, 0) is 4.79 Å². The zero-order valence-electron chi connectivity index (χ0n) is 17.7. The first kappa shape index (κ1) is 21.1. The Morgan fingerprint density at radius 1 is 1.25 bits per heavy atom. The van der Waals surface area contributed by atoms with Gasteiger partial charge in [-0.25, -0.2) is 5.01 Å². The molecule has 1 aromatic heterocycles. The van der Waals surface area contributed by atoms with Gasteiger partial charge in [0, 0.05) is 17.7 Å². The van der Waals surface area contributed by atoms with Crippen molar-refractivity contribution in [2.45, 2.75) is 25.2 Å². The van der Waals surface area contributed by atoms with E-state index in [1.165, 1.54) is 31.6 Å². The summed E-state index contributed by atoms with van der Waals surface area (Å²) in [7, 11) is 3.04. The molecule has 1 amide bonds. The van der Waals surface area contributed by atoms with Crippen molar-refractivity contribution in [3.8, 4) is 17.6 Å². The van der Waals surface area contributed by atoms with Crippen molar-refractivity contribution in [3.63, 3.8) is 0 Å². The minimum Gasteiger partial charge on any atom is -0.493 e. The number of methoxy groups -OCH3 is 2. The molecular formula is C23H22N4O5. The molecule has 1 aliphatic carbocycles. The summed E-state index contributed by atoms with van der Waals surface area (Å²) in [5, 5.41) is 11.3. The number of benzene rings is 1. The molecule has 3 N–H and O–H groups in total. The molecule has 9 nitrogen and oxygen atoms in total. The zero-order valence-corrected chi connectivity index (χ0v) is 17.7. The molecule has 2 aromatic rings.